The first-order valence-electron chi connectivity index (χ1n) is 6.32. The Balaban J connectivity index is 2.23. The Hall–Kier alpha value is -2.15. The average Bonchev–Trinajstić information content (AvgIpc) is 2.46. The highest BCUT2D eigenvalue weighted by Gasteiger charge is 2.25. The molecule has 0 saturated carbocycles. The number of ether oxygens (including phenoxy) is 1. The van der Waals surface area contributed by atoms with E-state index in [4.69, 9.17) is 4.74 Å². The van der Waals surface area contributed by atoms with Crippen LogP contribution in [0.5, 0.6) is 5.75 Å². The summed E-state index contributed by atoms with van der Waals surface area (Å²) in [7, 11) is 1.37. The molecule has 2 rings (SSSR count). The van der Waals surface area contributed by atoms with Gasteiger partial charge in [0.1, 0.15) is 5.75 Å². The van der Waals surface area contributed by atoms with Gasteiger partial charge in [0.05, 0.1) is 29.8 Å². The van der Waals surface area contributed by atoms with Crippen molar-refractivity contribution in [1.82, 2.24) is 4.90 Å². The molecule has 0 bridgehead atoms. The van der Waals surface area contributed by atoms with Crippen molar-refractivity contribution in [2.75, 3.05) is 20.2 Å². The van der Waals surface area contributed by atoms with Gasteiger partial charge in [-0.05, 0) is 18.9 Å². The Morgan fingerprint density at radius 3 is 2.65 bits per heavy atom. The molecule has 20 heavy (non-hydrogen) atoms. The second kappa shape index (κ2) is 5.87. The van der Waals surface area contributed by atoms with E-state index in [2.05, 4.69) is 0 Å². The first kappa shape index (κ1) is 14.3. The van der Waals surface area contributed by atoms with Gasteiger partial charge in [0.25, 0.3) is 11.6 Å². The van der Waals surface area contributed by atoms with E-state index in [9.17, 15) is 20.0 Å². The first-order valence-corrected chi connectivity index (χ1v) is 6.32. The molecule has 1 fully saturated rings. The number of methoxy groups -OCH3 is 1. The lowest BCUT2D eigenvalue weighted by molar-refractivity contribution is -0.384. The molecule has 0 radical (unpaired) electrons. The second-order valence-corrected chi connectivity index (χ2v) is 4.67. The zero-order chi connectivity index (χ0) is 14.7. The Kier molecular flexibility index (Phi) is 4.19. The maximum Gasteiger partial charge on any atom is 0.273 e. The minimum absolute atomic E-state index is 0.118. The third kappa shape index (κ3) is 2.88. The fourth-order valence-electron chi connectivity index (χ4n) is 2.21. The lowest BCUT2D eigenvalue weighted by Gasteiger charge is -2.30. The van der Waals surface area contributed by atoms with Crippen LogP contribution in [0.1, 0.15) is 23.2 Å². The SMILES string of the molecule is COc1cc([N+](=O)[O-])ccc1C(=O)N1CCC(O)CC1. The van der Waals surface area contributed by atoms with Crippen molar-refractivity contribution in [2.45, 2.75) is 18.9 Å². The van der Waals surface area contributed by atoms with Crippen molar-refractivity contribution in [1.29, 1.82) is 0 Å². The quantitative estimate of drug-likeness (QED) is 0.663. The monoisotopic (exact) mass is 280 g/mol. The summed E-state index contributed by atoms with van der Waals surface area (Å²) in [4.78, 5) is 24.2. The normalized spacial score (nSPS) is 16.0. The molecule has 0 aliphatic carbocycles. The van der Waals surface area contributed by atoms with Gasteiger partial charge < -0.3 is 14.7 Å². The minimum atomic E-state index is -0.534. The summed E-state index contributed by atoms with van der Waals surface area (Å²) in [5.74, 6) is -0.0426. The number of benzene rings is 1. The molecule has 1 N–H and O–H groups in total. The van der Waals surface area contributed by atoms with Gasteiger partial charge in [0.15, 0.2) is 0 Å². The number of nitro benzene ring substituents is 1. The fourth-order valence-corrected chi connectivity index (χ4v) is 2.21. The summed E-state index contributed by atoms with van der Waals surface area (Å²) in [6.07, 6.45) is 0.722. The summed E-state index contributed by atoms with van der Waals surface area (Å²) in [5.41, 5.74) is 0.182. The van der Waals surface area contributed by atoms with E-state index in [0.717, 1.165) is 0 Å². The van der Waals surface area contributed by atoms with Crippen molar-refractivity contribution in [2.24, 2.45) is 0 Å². The van der Waals surface area contributed by atoms with Crippen LogP contribution in [0.2, 0.25) is 0 Å². The third-order valence-electron chi connectivity index (χ3n) is 3.38. The molecule has 0 atom stereocenters. The number of aliphatic hydroxyl groups is 1. The summed E-state index contributed by atoms with van der Waals surface area (Å²) in [5, 5.41) is 20.2. The lowest BCUT2D eigenvalue weighted by Crippen LogP contribution is -2.40. The van der Waals surface area contributed by atoms with E-state index in [1.807, 2.05) is 0 Å². The van der Waals surface area contributed by atoms with Gasteiger partial charge in [-0.1, -0.05) is 0 Å². The number of non-ortho nitro benzene ring substituents is 1. The number of carbonyl (C=O) groups excluding carboxylic acids is 1. The number of aliphatic hydroxyl groups excluding tert-OH is 1. The van der Waals surface area contributed by atoms with E-state index < -0.39 is 4.92 Å². The van der Waals surface area contributed by atoms with E-state index in [-0.39, 0.29) is 23.4 Å². The number of carbonyl (C=O) groups is 1. The Bertz CT molecular complexity index is 523. The predicted molar refractivity (Wildman–Crippen MR) is 70.8 cm³/mol. The van der Waals surface area contributed by atoms with Crippen LogP contribution in [0.4, 0.5) is 5.69 Å². The molecule has 108 valence electrons. The zero-order valence-electron chi connectivity index (χ0n) is 11.1. The van der Waals surface area contributed by atoms with Crippen molar-refractivity contribution in [3.8, 4) is 5.75 Å². The van der Waals surface area contributed by atoms with Crippen LogP contribution in [0.3, 0.4) is 0 Å². The standard InChI is InChI=1S/C13H16N2O5/c1-20-12-8-9(15(18)19)2-3-11(12)13(17)14-6-4-10(16)5-7-14/h2-3,8,10,16H,4-7H2,1H3. The number of nitro groups is 1. The number of likely N-dealkylation sites (tertiary alicyclic amines) is 1. The number of nitrogens with zero attached hydrogens (tertiary/aromatic N) is 2. The first-order chi connectivity index (χ1) is 9.52. The van der Waals surface area contributed by atoms with Crippen molar-refractivity contribution >= 4 is 11.6 Å². The number of hydrogen-bond donors (Lipinski definition) is 1. The molecule has 1 aliphatic rings. The second-order valence-electron chi connectivity index (χ2n) is 4.67. The summed E-state index contributed by atoms with van der Waals surface area (Å²) < 4.78 is 5.07. The summed E-state index contributed by atoms with van der Waals surface area (Å²) >= 11 is 0. The van der Waals surface area contributed by atoms with Crippen LogP contribution in [0.15, 0.2) is 18.2 Å². The smallest absolute Gasteiger partial charge is 0.273 e. The molecule has 0 aromatic heterocycles. The van der Waals surface area contributed by atoms with Crippen molar-refractivity contribution in [3.05, 3.63) is 33.9 Å². The molecule has 1 saturated heterocycles. The van der Waals surface area contributed by atoms with E-state index in [0.29, 0.717) is 31.5 Å². The summed E-state index contributed by atoms with van der Waals surface area (Å²) in [6.45, 7) is 0.945. The van der Waals surface area contributed by atoms with Gasteiger partial charge in [-0.25, -0.2) is 0 Å². The van der Waals surface area contributed by atoms with E-state index in [1.165, 1.54) is 25.3 Å². The maximum absolute atomic E-state index is 12.4. The van der Waals surface area contributed by atoms with Crippen LogP contribution in [-0.4, -0.2) is 47.1 Å². The molecule has 1 aliphatic heterocycles. The molecule has 1 heterocycles. The Labute approximate surface area is 115 Å². The van der Waals surface area contributed by atoms with Gasteiger partial charge in [-0.15, -0.1) is 0 Å². The highest BCUT2D eigenvalue weighted by Crippen LogP contribution is 2.26. The highest BCUT2D eigenvalue weighted by atomic mass is 16.6. The molecule has 1 amide bonds. The van der Waals surface area contributed by atoms with Crippen molar-refractivity contribution < 1.29 is 19.6 Å². The number of hydrogen-bond acceptors (Lipinski definition) is 5. The molecule has 0 unspecified atom stereocenters. The topological polar surface area (TPSA) is 92.9 Å². The highest BCUT2D eigenvalue weighted by molar-refractivity contribution is 5.97. The van der Waals surface area contributed by atoms with E-state index in [1.54, 1.807) is 4.90 Å². The Morgan fingerprint density at radius 1 is 1.45 bits per heavy atom. The molecular formula is C13H16N2O5. The van der Waals surface area contributed by atoms with Gasteiger partial charge in [0, 0.05) is 19.2 Å². The third-order valence-corrected chi connectivity index (χ3v) is 3.38. The molecule has 0 spiro atoms. The average molecular weight is 280 g/mol. The molecular weight excluding hydrogens is 264 g/mol. The zero-order valence-corrected chi connectivity index (χ0v) is 11.1. The molecule has 7 heteroatoms. The number of amides is 1. The fraction of sp³-hybridized carbons (Fsp3) is 0.462. The maximum atomic E-state index is 12.4. The van der Waals surface area contributed by atoms with Gasteiger partial charge in [-0.3, -0.25) is 14.9 Å². The Morgan fingerprint density at radius 2 is 2.10 bits per heavy atom. The van der Waals surface area contributed by atoms with Crippen molar-refractivity contribution in [3.63, 3.8) is 0 Å². The molecule has 1 aromatic rings. The molecule has 7 nitrogen and oxygen atoms in total. The van der Waals surface area contributed by atoms with Gasteiger partial charge in [-0.2, -0.15) is 0 Å². The number of rotatable bonds is 3. The molecule has 1 aromatic carbocycles. The van der Waals surface area contributed by atoms with Crippen LogP contribution < -0.4 is 4.74 Å². The van der Waals surface area contributed by atoms with Crippen LogP contribution in [-0.2, 0) is 0 Å². The van der Waals surface area contributed by atoms with Crippen LogP contribution in [0, 0.1) is 10.1 Å². The predicted octanol–water partition coefficient (Wildman–Crippen LogP) is 1.20. The van der Waals surface area contributed by atoms with Gasteiger partial charge in [0.2, 0.25) is 0 Å². The van der Waals surface area contributed by atoms with Crippen LogP contribution >= 0.6 is 0 Å². The van der Waals surface area contributed by atoms with Gasteiger partial charge >= 0.3 is 0 Å². The summed E-state index contributed by atoms with van der Waals surface area (Å²) in [6, 6.07) is 3.94. The minimum Gasteiger partial charge on any atom is -0.496 e. The lowest BCUT2D eigenvalue weighted by atomic mass is 10.1. The number of piperidine rings is 1. The van der Waals surface area contributed by atoms with Crippen LogP contribution in [0.25, 0.3) is 0 Å². The largest absolute Gasteiger partial charge is 0.496 e. The van der Waals surface area contributed by atoms with E-state index >= 15 is 0 Å².